The third-order valence-electron chi connectivity index (χ3n) is 5.42. The first-order valence-electron chi connectivity index (χ1n) is 9.85. The summed E-state index contributed by atoms with van der Waals surface area (Å²) in [5.41, 5.74) is 1.47. The molecule has 2 amide bonds. The zero-order valence-electron chi connectivity index (χ0n) is 15.5. The first-order chi connectivity index (χ1) is 12.2. The molecule has 6 heteroatoms. The molecule has 1 N–H and O–H groups in total. The van der Waals surface area contributed by atoms with Crippen LogP contribution in [-0.2, 0) is 13.0 Å². The van der Waals surface area contributed by atoms with Crippen molar-refractivity contribution in [1.82, 2.24) is 19.8 Å². The van der Waals surface area contributed by atoms with E-state index in [-0.39, 0.29) is 11.8 Å². The molecule has 2 aliphatic rings. The van der Waals surface area contributed by atoms with Gasteiger partial charge in [-0.15, -0.1) is 0 Å². The molecule has 0 spiro atoms. The zero-order valence-corrected chi connectivity index (χ0v) is 15.5. The SMILES string of the molecule is CCCNC(=O)c1nc(C(=O)N2CCCCC2CC)c2n1CCCC2. The number of aromatic nitrogens is 2. The topological polar surface area (TPSA) is 67.2 Å². The molecular weight excluding hydrogens is 316 g/mol. The minimum Gasteiger partial charge on any atom is -0.349 e. The molecule has 3 rings (SSSR count). The van der Waals surface area contributed by atoms with Crippen molar-refractivity contribution in [2.24, 2.45) is 0 Å². The Bertz CT molecular complexity index is 638. The highest BCUT2D eigenvalue weighted by Gasteiger charge is 2.33. The fourth-order valence-corrected chi connectivity index (χ4v) is 4.03. The fourth-order valence-electron chi connectivity index (χ4n) is 4.03. The Morgan fingerprint density at radius 2 is 1.96 bits per heavy atom. The lowest BCUT2D eigenvalue weighted by atomic mass is 9.99. The normalized spacial score (nSPS) is 20.2. The van der Waals surface area contributed by atoms with Gasteiger partial charge in [0, 0.05) is 25.7 Å². The summed E-state index contributed by atoms with van der Waals surface area (Å²) >= 11 is 0. The Balaban J connectivity index is 1.91. The minimum atomic E-state index is -0.158. The second kappa shape index (κ2) is 8.02. The van der Waals surface area contributed by atoms with Crippen molar-refractivity contribution in [2.45, 2.75) is 77.8 Å². The van der Waals surface area contributed by atoms with Crippen molar-refractivity contribution in [3.8, 4) is 0 Å². The summed E-state index contributed by atoms with van der Waals surface area (Å²) in [6, 6.07) is 0.305. The number of likely N-dealkylation sites (tertiary alicyclic amines) is 1. The van der Waals surface area contributed by atoms with Crippen LogP contribution in [0.5, 0.6) is 0 Å². The molecule has 3 heterocycles. The van der Waals surface area contributed by atoms with Crippen LogP contribution in [0.3, 0.4) is 0 Å². The Morgan fingerprint density at radius 1 is 1.16 bits per heavy atom. The van der Waals surface area contributed by atoms with Crippen LogP contribution < -0.4 is 5.32 Å². The Labute approximate surface area is 150 Å². The molecule has 1 aromatic heterocycles. The smallest absolute Gasteiger partial charge is 0.287 e. The van der Waals surface area contributed by atoms with Crippen LogP contribution in [0.25, 0.3) is 0 Å². The van der Waals surface area contributed by atoms with E-state index in [1.54, 1.807) is 0 Å². The highest BCUT2D eigenvalue weighted by atomic mass is 16.2. The van der Waals surface area contributed by atoms with Crippen LogP contribution in [0.2, 0.25) is 0 Å². The predicted molar refractivity (Wildman–Crippen MR) is 96.8 cm³/mol. The van der Waals surface area contributed by atoms with Crippen molar-refractivity contribution in [3.05, 3.63) is 17.2 Å². The maximum Gasteiger partial charge on any atom is 0.287 e. The Hall–Kier alpha value is -1.85. The molecule has 0 aliphatic carbocycles. The van der Waals surface area contributed by atoms with Gasteiger partial charge in [-0.2, -0.15) is 0 Å². The molecule has 1 atom stereocenters. The third-order valence-corrected chi connectivity index (χ3v) is 5.42. The summed E-state index contributed by atoms with van der Waals surface area (Å²) in [5, 5.41) is 2.90. The van der Waals surface area contributed by atoms with Crippen LogP contribution in [0.1, 0.15) is 85.6 Å². The number of carbonyl (C=O) groups is 2. The lowest BCUT2D eigenvalue weighted by Gasteiger charge is -2.35. The zero-order chi connectivity index (χ0) is 17.8. The van der Waals surface area contributed by atoms with E-state index in [0.717, 1.165) is 63.7 Å². The largest absolute Gasteiger partial charge is 0.349 e. The van der Waals surface area contributed by atoms with Crippen molar-refractivity contribution in [2.75, 3.05) is 13.1 Å². The average molecular weight is 346 g/mol. The molecule has 0 bridgehead atoms. The summed E-state index contributed by atoms with van der Waals surface area (Å²) < 4.78 is 1.98. The van der Waals surface area contributed by atoms with Gasteiger partial charge in [0.2, 0.25) is 0 Å². The number of hydrogen-bond donors (Lipinski definition) is 1. The van der Waals surface area contributed by atoms with Gasteiger partial charge in [0.25, 0.3) is 11.8 Å². The number of nitrogens with zero attached hydrogens (tertiary/aromatic N) is 3. The molecule has 1 unspecified atom stereocenters. The molecule has 0 radical (unpaired) electrons. The van der Waals surface area contributed by atoms with Crippen LogP contribution in [0.15, 0.2) is 0 Å². The molecule has 1 fully saturated rings. The first-order valence-corrected chi connectivity index (χ1v) is 9.85. The summed E-state index contributed by atoms with van der Waals surface area (Å²) in [7, 11) is 0. The van der Waals surface area contributed by atoms with Gasteiger partial charge in [0.15, 0.2) is 5.82 Å². The van der Waals surface area contributed by atoms with Gasteiger partial charge >= 0.3 is 0 Å². The van der Waals surface area contributed by atoms with Gasteiger partial charge in [-0.3, -0.25) is 9.59 Å². The highest BCUT2D eigenvalue weighted by molar-refractivity contribution is 5.97. The molecule has 138 valence electrons. The fraction of sp³-hybridized carbons (Fsp3) is 0.737. The van der Waals surface area contributed by atoms with Crippen molar-refractivity contribution < 1.29 is 9.59 Å². The molecule has 25 heavy (non-hydrogen) atoms. The maximum absolute atomic E-state index is 13.2. The van der Waals surface area contributed by atoms with E-state index in [1.165, 1.54) is 6.42 Å². The number of rotatable bonds is 5. The quantitative estimate of drug-likeness (QED) is 0.891. The van der Waals surface area contributed by atoms with Gasteiger partial charge in [0.05, 0.1) is 5.69 Å². The first kappa shape index (κ1) is 18.0. The van der Waals surface area contributed by atoms with Crippen molar-refractivity contribution >= 4 is 11.8 Å². The summed E-state index contributed by atoms with van der Waals surface area (Å²) in [5.74, 6) is 0.276. The lowest BCUT2D eigenvalue weighted by Crippen LogP contribution is -2.44. The van der Waals surface area contributed by atoms with Crippen molar-refractivity contribution in [1.29, 1.82) is 0 Å². The lowest BCUT2D eigenvalue weighted by molar-refractivity contribution is 0.0600. The molecule has 1 aromatic rings. The predicted octanol–water partition coefficient (Wildman–Crippen LogP) is 2.76. The van der Waals surface area contributed by atoms with Crippen LogP contribution in [-0.4, -0.2) is 45.4 Å². The number of piperidine rings is 1. The number of carbonyl (C=O) groups excluding carboxylic acids is 2. The van der Waals surface area contributed by atoms with E-state index in [9.17, 15) is 9.59 Å². The van der Waals surface area contributed by atoms with E-state index in [2.05, 4.69) is 17.2 Å². The van der Waals surface area contributed by atoms with Crippen LogP contribution in [0.4, 0.5) is 0 Å². The highest BCUT2D eigenvalue weighted by Crippen LogP contribution is 2.26. The van der Waals surface area contributed by atoms with Crippen molar-refractivity contribution in [3.63, 3.8) is 0 Å². The number of nitrogens with one attached hydrogen (secondary N) is 1. The Kier molecular flexibility index (Phi) is 5.76. The standard InChI is InChI=1S/C19H30N4O2/c1-3-11-20-18(24)17-21-16(15-10-6-8-13-23(15)17)19(25)22-12-7-5-9-14(22)4-2/h14H,3-13H2,1-2H3,(H,20,24). The Morgan fingerprint density at radius 3 is 2.72 bits per heavy atom. The molecule has 0 saturated carbocycles. The number of fused-ring (bicyclic) bond motifs is 1. The van der Waals surface area contributed by atoms with Gasteiger partial charge < -0.3 is 14.8 Å². The molecule has 2 aliphatic heterocycles. The molecular formula is C19H30N4O2. The molecule has 1 saturated heterocycles. The van der Waals surface area contributed by atoms with E-state index in [1.807, 2.05) is 16.4 Å². The van der Waals surface area contributed by atoms with Crippen LogP contribution >= 0.6 is 0 Å². The summed E-state index contributed by atoms with van der Waals surface area (Å²) in [6.45, 7) is 6.39. The number of amides is 2. The average Bonchev–Trinajstić information content (AvgIpc) is 3.05. The van der Waals surface area contributed by atoms with Gasteiger partial charge in [-0.25, -0.2) is 4.98 Å². The molecule has 0 aromatic carbocycles. The minimum absolute atomic E-state index is 0.0201. The van der Waals surface area contributed by atoms with E-state index >= 15 is 0 Å². The number of hydrogen-bond acceptors (Lipinski definition) is 3. The monoisotopic (exact) mass is 346 g/mol. The number of imidazole rings is 1. The van der Waals surface area contributed by atoms with Crippen LogP contribution in [0, 0.1) is 0 Å². The maximum atomic E-state index is 13.2. The summed E-state index contributed by atoms with van der Waals surface area (Å²) in [6.07, 6.45) is 8.10. The van der Waals surface area contributed by atoms with Gasteiger partial charge in [0.1, 0.15) is 5.69 Å². The van der Waals surface area contributed by atoms with Gasteiger partial charge in [-0.1, -0.05) is 13.8 Å². The summed E-state index contributed by atoms with van der Waals surface area (Å²) in [4.78, 5) is 32.2. The van der Waals surface area contributed by atoms with E-state index in [0.29, 0.717) is 24.1 Å². The van der Waals surface area contributed by atoms with E-state index in [4.69, 9.17) is 0 Å². The third kappa shape index (κ3) is 3.58. The van der Waals surface area contributed by atoms with E-state index < -0.39 is 0 Å². The molecule has 6 nitrogen and oxygen atoms in total. The van der Waals surface area contributed by atoms with Gasteiger partial charge in [-0.05, 0) is 51.4 Å². The second-order valence-corrected chi connectivity index (χ2v) is 7.15. The second-order valence-electron chi connectivity index (χ2n) is 7.15.